The van der Waals surface area contributed by atoms with E-state index in [0.717, 1.165) is 11.4 Å². The predicted molar refractivity (Wildman–Crippen MR) is 79.4 cm³/mol. The molecule has 0 saturated carbocycles. The highest BCUT2D eigenvalue weighted by molar-refractivity contribution is 5.88. The molecule has 0 amide bonds. The number of aromatic carboxylic acids is 1. The number of aryl methyl sites for hydroxylation is 1. The normalized spacial score (nSPS) is 10.2. The summed E-state index contributed by atoms with van der Waals surface area (Å²) in [6.07, 6.45) is 0. The van der Waals surface area contributed by atoms with E-state index in [1.165, 1.54) is 0 Å². The molecular weight excluding hydrogens is 270 g/mol. The Morgan fingerprint density at radius 1 is 1.29 bits per heavy atom. The molecule has 2 aromatic rings. The average molecular weight is 287 g/mol. The highest BCUT2D eigenvalue weighted by Gasteiger charge is 2.11. The summed E-state index contributed by atoms with van der Waals surface area (Å²) in [5.41, 5.74) is 1.85. The first-order valence-corrected chi connectivity index (χ1v) is 6.57. The molecule has 0 aliphatic rings. The molecule has 1 heterocycles. The molecule has 0 aliphatic heterocycles. The maximum atomic E-state index is 10.9. The van der Waals surface area contributed by atoms with E-state index in [9.17, 15) is 4.79 Å². The van der Waals surface area contributed by atoms with Crippen LogP contribution in [-0.2, 0) is 0 Å². The minimum absolute atomic E-state index is 0.243. The summed E-state index contributed by atoms with van der Waals surface area (Å²) < 4.78 is 5.41. The number of carboxylic acid groups (broad SMARTS) is 1. The van der Waals surface area contributed by atoms with Gasteiger partial charge < -0.3 is 14.7 Å². The Hall–Kier alpha value is -2.63. The standard InChI is InChI=1S/C15H17N3O3/c1-4-21-13-9-10(2)16-15(17-13)18(3)12-7-5-11(6-8-12)14(19)20/h5-9H,4H2,1-3H3,(H,19,20). The van der Waals surface area contributed by atoms with E-state index < -0.39 is 5.97 Å². The lowest BCUT2D eigenvalue weighted by molar-refractivity contribution is 0.0697. The van der Waals surface area contributed by atoms with E-state index >= 15 is 0 Å². The quantitative estimate of drug-likeness (QED) is 0.911. The molecule has 21 heavy (non-hydrogen) atoms. The molecule has 0 fully saturated rings. The van der Waals surface area contributed by atoms with Gasteiger partial charge in [-0.05, 0) is 38.1 Å². The lowest BCUT2D eigenvalue weighted by Gasteiger charge is -2.18. The lowest BCUT2D eigenvalue weighted by atomic mass is 10.2. The smallest absolute Gasteiger partial charge is 0.335 e. The Bertz CT molecular complexity index is 641. The highest BCUT2D eigenvalue weighted by Crippen LogP contribution is 2.23. The van der Waals surface area contributed by atoms with Crippen LogP contribution in [0, 0.1) is 6.92 Å². The van der Waals surface area contributed by atoms with Crippen LogP contribution in [0.25, 0.3) is 0 Å². The molecule has 2 rings (SSSR count). The van der Waals surface area contributed by atoms with Crippen LogP contribution in [0.2, 0.25) is 0 Å². The van der Waals surface area contributed by atoms with Crippen molar-refractivity contribution in [2.24, 2.45) is 0 Å². The molecule has 0 unspecified atom stereocenters. The van der Waals surface area contributed by atoms with Crippen LogP contribution in [0.15, 0.2) is 30.3 Å². The predicted octanol–water partition coefficient (Wildman–Crippen LogP) is 2.65. The number of carboxylic acids is 1. The largest absolute Gasteiger partial charge is 0.478 e. The molecule has 0 atom stereocenters. The van der Waals surface area contributed by atoms with Crippen LogP contribution in [-0.4, -0.2) is 34.7 Å². The fourth-order valence-electron chi connectivity index (χ4n) is 1.84. The summed E-state index contributed by atoms with van der Waals surface area (Å²) in [6.45, 7) is 4.30. The molecule has 1 aromatic heterocycles. The van der Waals surface area contributed by atoms with E-state index in [4.69, 9.17) is 9.84 Å². The molecule has 6 heteroatoms. The summed E-state index contributed by atoms with van der Waals surface area (Å²) >= 11 is 0. The van der Waals surface area contributed by atoms with Gasteiger partial charge in [-0.25, -0.2) is 9.78 Å². The molecule has 0 radical (unpaired) electrons. The summed E-state index contributed by atoms with van der Waals surface area (Å²) in [6, 6.07) is 8.31. The van der Waals surface area contributed by atoms with E-state index in [2.05, 4.69) is 9.97 Å². The maximum Gasteiger partial charge on any atom is 0.335 e. The van der Waals surface area contributed by atoms with E-state index in [0.29, 0.717) is 18.4 Å². The number of anilines is 2. The first kappa shape index (κ1) is 14.8. The van der Waals surface area contributed by atoms with Crippen LogP contribution in [0.4, 0.5) is 11.6 Å². The highest BCUT2D eigenvalue weighted by atomic mass is 16.5. The first-order valence-electron chi connectivity index (χ1n) is 6.57. The van der Waals surface area contributed by atoms with Gasteiger partial charge in [0.2, 0.25) is 11.8 Å². The third-order valence-corrected chi connectivity index (χ3v) is 2.91. The monoisotopic (exact) mass is 287 g/mol. The Kier molecular flexibility index (Phi) is 4.37. The van der Waals surface area contributed by atoms with E-state index in [1.807, 2.05) is 20.9 Å². The second kappa shape index (κ2) is 6.21. The number of ether oxygens (including phenoxy) is 1. The molecular formula is C15H17N3O3. The number of nitrogens with zero attached hydrogens (tertiary/aromatic N) is 3. The molecule has 110 valence electrons. The molecule has 1 N–H and O–H groups in total. The van der Waals surface area contributed by atoms with Gasteiger partial charge in [0.05, 0.1) is 12.2 Å². The fraction of sp³-hybridized carbons (Fsp3) is 0.267. The van der Waals surface area contributed by atoms with Crippen molar-refractivity contribution >= 4 is 17.6 Å². The third kappa shape index (κ3) is 3.47. The minimum Gasteiger partial charge on any atom is -0.478 e. The van der Waals surface area contributed by atoms with Crippen LogP contribution in [0.5, 0.6) is 5.88 Å². The van der Waals surface area contributed by atoms with Crippen molar-refractivity contribution < 1.29 is 14.6 Å². The van der Waals surface area contributed by atoms with Crippen LogP contribution in [0.3, 0.4) is 0 Å². The van der Waals surface area contributed by atoms with Gasteiger partial charge in [-0.1, -0.05) is 0 Å². The third-order valence-electron chi connectivity index (χ3n) is 2.91. The Balaban J connectivity index is 2.30. The van der Waals surface area contributed by atoms with Gasteiger partial charge in [-0.15, -0.1) is 0 Å². The van der Waals surface area contributed by atoms with Crippen LogP contribution in [0.1, 0.15) is 23.0 Å². The second-order valence-electron chi connectivity index (χ2n) is 4.49. The molecule has 0 aliphatic carbocycles. The minimum atomic E-state index is -0.949. The number of aromatic nitrogens is 2. The average Bonchev–Trinajstić information content (AvgIpc) is 2.46. The van der Waals surface area contributed by atoms with Gasteiger partial charge in [-0.3, -0.25) is 0 Å². The van der Waals surface area contributed by atoms with Crippen LogP contribution >= 0.6 is 0 Å². The summed E-state index contributed by atoms with van der Waals surface area (Å²) in [5, 5.41) is 8.91. The summed E-state index contributed by atoms with van der Waals surface area (Å²) in [7, 11) is 1.82. The second-order valence-corrected chi connectivity index (χ2v) is 4.49. The first-order chi connectivity index (χ1) is 10.0. The van der Waals surface area contributed by atoms with Crippen molar-refractivity contribution in [1.82, 2.24) is 9.97 Å². The zero-order valence-electron chi connectivity index (χ0n) is 12.2. The molecule has 1 aromatic carbocycles. The maximum absolute atomic E-state index is 10.9. The van der Waals surface area contributed by atoms with Crippen molar-refractivity contribution in [1.29, 1.82) is 0 Å². The molecule has 0 saturated heterocycles. The van der Waals surface area contributed by atoms with E-state index in [-0.39, 0.29) is 5.56 Å². The fourth-order valence-corrected chi connectivity index (χ4v) is 1.84. The number of hydrogen-bond acceptors (Lipinski definition) is 5. The number of rotatable bonds is 5. The van der Waals surface area contributed by atoms with Crippen molar-refractivity contribution in [2.45, 2.75) is 13.8 Å². The Morgan fingerprint density at radius 2 is 1.95 bits per heavy atom. The van der Waals surface area contributed by atoms with Crippen molar-refractivity contribution in [3.8, 4) is 5.88 Å². The van der Waals surface area contributed by atoms with E-state index in [1.54, 1.807) is 35.2 Å². The zero-order chi connectivity index (χ0) is 15.4. The Labute approximate surface area is 123 Å². The van der Waals surface area contributed by atoms with Gasteiger partial charge in [-0.2, -0.15) is 4.98 Å². The zero-order valence-corrected chi connectivity index (χ0v) is 12.2. The molecule has 0 bridgehead atoms. The number of carbonyl (C=O) groups is 1. The van der Waals surface area contributed by atoms with Crippen molar-refractivity contribution in [2.75, 3.05) is 18.6 Å². The topological polar surface area (TPSA) is 75.5 Å². The van der Waals surface area contributed by atoms with Gasteiger partial charge in [0, 0.05) is 24.5 Å². The summed E-state index contributed by atoms with van der Waals surface area (Å²) in [4.78, 5) is 21.3. The number of hydrogen-bond donors (Lipinski definition) is 1. The SMILES string of the molecule is CCOc1cc(C)nc(N(C)c2ccc(C(=O)O)cc2)n1. The van der Waals surface area contributed by atoms with Crippen LogP contribution < -0.4 is 9.64 Å². The number of benzene rings is 1. The van der Waals surface area contributed by atoms with Gasteiger partial charge >= 0.3 is 5.97 Å². The van der Waals surface area contributed by atoms with Crippen molar-refractivity contribution in [3.05, 3.63) is 41.6 Å². The van der Waals surface area contributed by atoms with Crippen molar-refractivity contribution in [3.63, 3.8) is 0 Å². The lowest BCUT2D eigenvalue weighted by Crippen LogP contribution is -2.14. The van der Waals surface area contributed by atoms with Gasteiger partial charge in [0.15, 0.2) is 0 Å². The molecule has 6 nitrogen and oxygen atoms in total. The summed E-state index contributed by atoms with van der Waals surface area (Å²) in [5.74, 6) is 0.0742. The van der Waals surface area contributed by atoms with Gasteiger partial charge in [0.1, 0.15) is 0 Å². The Morgan fingerprint density at radius 3 is 2.52 bits per heavy atom. The van der Waals surface area contributed by atoms with Gasteiger partial charge in [0.25, 0.3) is 0 Å². The molecule has 0 spiro atoms.